The molecule has 0 saturated carbocycles. The Morgan fingerprint density at radius 1 is 1.35 bits per heavy atom. The highest BCUT2D eigenvalue weighted by molar-refractivity contribution is 5.81. The lowest BCUT2D eigenvalue weighted by Crippen LogP contribution is -2.45. The summed E-state index contributed by atoms with van der Waals surface area (Å²) in [5, 5.41) is 23.2. The van der Waals surface area contributed by atoms with E-state index in [1.54, 1.807) is 46.7 Å². The average molecular weight is 484 g/mol. The van der Waals surface area contributed by atoms with Gasteiger partial charge in [-0.05, 0) is 33.3 Å². The van der Waals surface area contributed by atoms with Crippen molar-refractivity contribution in [3.05, 3.63) is 22.7 Å². The monoisotopic (exact) mass is 483 g/mol. The fourth-order valence-corrected chi connectivity index (χ4v) is 2.98. The number of alkyl carbamates (subject to hydrolysis) is 1. The molecular formula is C21H33N5O8. The van der Waals surface area contributed by atoms with Crippen LogP contribution in [0.3, 0.4) is 0 Å². The number of hydrogen-bond donors (Lipinski definition) is 3. The van der Waals surface area contributed by atoms with Crippen molar-refractivity contribution in [3.8, 4) is 0 Å². The Morgan fingerprint density at radius 2 is 2.03 bits per heavy atom. The van der Waals surface area contributed by atoms with Gasteiger partial charge in [-0.3, -0.25) is 4.57 Å². The number of nitrogens with one attached hydrogen (secondary N) is 1. The molecule has 190 valence electrons. The molecule has 0 bridgehead atoms. The van der Waals surface area contributed by atoms with Crippen LogP contribution in [0, 0.1) is 0 Å². The predicted molar refractivity (Wildman–Crippen MR) is 121 cm³/mol. The molecule has 1 saturated heterocycles. The normalized spacial score (nSPS) is 23.5. The molecule has 3 N–H and O–H groups in total. The first-order valence-electron chi connectivity index (χ1n) is 10.8. The first kappa shape index (κ1) is 27.2. The molecule has 5 atom stereocenters. The molecular weight excluding hydrogens is 450 g/mol. The third kappa shape index (κ3) is 7.50. The Hall–Kier alpha value is -3.03. The van der Waals surface area contributed by atoms with Crippen LogP contribution < -0.4 is 11.0 Å². The molecule has 2 heterocycles. The van der Waals surface area contributed by atoms with Crippen molar-refractivity contribution in [2.24, 2.45) is 4.99 Å². The molecule has 0 aromatic carbocycles. The number of aromatic nitrogens is 2. The molecule has 34 heavy (non-hydrogen) atoms. The Labute approximate surface area is 197 Å². The van der Waals surface area contributed by atoms with Crippen LogP contribution in [0.4, 0.5) is 10.6 Å². The van der Waals surface area contributed by atoms with Crippen molar-refractivity contribution in [1.82, 2.24) is 19.8 Å². The van der Waals surface area contributed by atoms with Gasteiger partial charge in [-0.1, -0.05) is 6.92 Å². The van der Waals surface area contributed by atoms with E-state index in [-0.39, 0.29) is 12.2 Å². The van der Waals surface area contributed by atoms with Gasteiger partial charge in [0.25, 0.3) is 0 Å². The standard InChI is InChI=1S/C21H33N5O8/c1-7-12(23-20(31)34-21(2,3)4)18(29)32-10-13-15(27)16(28)17(33-13)26-9-8-14(24-19(26)30)22-11-25(5)6/h8-9,11-13,15-17,27-28H,7,10H2,1-6H3,(H,23,31)/b22-11+/t12-,13+,15+,16+,17+/m0/s1. The number of esters is 1. The fourth-order valence-electron chi connectivity index (χ4n) is 2.98. The van der Waals surface area contributed by atoms with E-state index < -0.39 is 60.5 Å². The number of carbonyl (C=O) groups excluding carboxylic acids is 2. The second-order valence-corrected chi connectivity index (χ2v) is 8.97. The van der Waals surface area contributed by atoms with E-state index in [0.717, 1.165) is 4.57 Å². The minimum absolute atomic E-state index is 0.163. The lowest BCUT2D eigenvalue weighted by Gasteiger charge is -2.23. The number of hydrogen-bond acceptors (Lipinski definition) is 10. The highest BCUT2D eigenvalue weighted by Gasteiger charge is 2.45. The van der Waals surface area contributed by atoms with Crippen molar-refractivity contribution in [1.29, 1.82) is 0 Å². The Kier molecular flexibility index (Phi) is 9.13. The molecule has 0 aliphatic carbocycles. The van der Waals surface area contributed by atoms with Gasteiger partial charge in [0.15, 0.2) is 12.0 Å². The van der Waals surface area contributed by atoms with Gasteiger partial charge in [-0.15, -0.1) is 0 Å². The van der Waals surface area contributed by atoms with Gasteiger partial charge in [0.1, 0.15) is 36.6 Å². The summed E-state index contributed by atoms with van der Waals surface area (Å²) >= 11 is 0. The first-order chi connectivity index (χ1) is 15.8. The van der Waals surface area contributed by atoms with Crippen LogP contribution in [0.5, 0.6) is 0 Å². The lowest BCUT2D eigenvalue weighted by atomic mass is 10.1. The minimum Gasteiger partial charge on any atom is -0.461 e. The maximum absolute atomic E-state index is 12.4. The van der Waals surface area contributed by atoms with Gasteiger partial charge in [0.2, 0.25) is 0 Å². The van der Waals surface area contributed by atoms with Crippen LogP contribution in [0.2, 0.25) is 0 Å². The van der Waals surface area contributed by atoms with Gasteiger partial charge in [-0.25, -0.2) is 19.4 Å². The molecule has 1 aromatic heterocycles. The van der Waals surface area contributed by atoms with E-state index in [1.165, 1.54) is 18.6 Å². The van der Waals surface area contributed by atoms with Crippen molar-refractivity contribution < 1.29 is 34.0 Å². The summed E-state index contributed by atoms with van der Waals surface area (Å²) in [4.78, 5) is 46.2. The number of rotatable bonds is 8. The number of carbonyl (C=O) groups is 2. The van der Waals surface area contributed by atoms with Crippen LogP contribution in [-0.4, -0.2) is 93.7 Å². The van der Waals surface area contributed by atoms with E-state index in [1.807, 2.05) is 0 Å². The number of nitrogens with zero attached hydrogens (tertiary/aromatic N) is 4. The summed E-state index contributed by atoms with van der Waals surface area (Å²) in [5.41, 5.74) is -1.47. The summed E-state index contributed by atoms with van der Waals surface area (Å²) in [5.74, 6) is -0.597. The molecule has 13 nitrogen and oxygen atoms in total. The molecule has 1 amide bonds. The zero-order valence-electron chi connectivity index (χ0n) is 20.2. The van der Waals surface area contributed by atoms with Crippen LogP contribution in [0.15, 0.2) is 22.1 Å². The molecule has 13 heteroatoms. The van der Waals surface area contributed by atoms with Gasteiger partial charge in [-0.2, -0.15) is 4.98 Å². The molecule has 1 aliphatic rings. The topological polar surface area (TPSA) is 165 Å². The molecule has 0 unspecified atom stereocenters. The smallest absolute Gasteiger partial charge is 0.408 e. The van der Waals surface area contributed by atoms with Crippen molar-refractivity contribution >= 4 is 24.2 Å². The van der Waals surface area contributed by atoms with E-state index in [2.05, 4.69) is 15.3 Å². The highest BCUT2D eigenvalue weighted by atomic mass is 16.6. The second-order valence-electron chi connectivity index (χ2n) is 8.97. The van der Waals surface area contributed by atoms with Crippen LogP contribution in [0.25, 0.3) is 0 Å². The molecule has 0 radical (unpaired) electrons. The summed E-state index contributed by atoms with van der Waals surface area (Å²) in [6, 6.07) is 0.474. The largest absolute Gasteiger partial charge is 0.461 e. The summed E-state index contributed by atoms with van der Waals surface area (Å²) < 4.78 is 16.9. The van der Waals surface area contributed by atoms with Gasteiger partial charge in [0, 0.05) is 20.3 Å². The Balaban J connectivity index is 2.00. The van der Waals surface area contributed by atoms with Crippen molar-refractivity contribution in [2.75, 3.05) is 20.7 Å². The molecule has 1 fully saturated rings. The lowest BCUT2D eigenvalue weighted by molar-refractivity contribution is -0.152. The first-order valence-corrected chi connectivity index (χ1v) is 10.8. The summed E-state index contributed by atoms with van der Waals surface area (Å²) in [6.45, 7) is 6.34. The highest BCUT2D eigenvalue weighted by Crippen LogP contribution is 2.28. The van der Waals surface area contributed by atoms with Gasteiger partial charge >= 0.3 is 17.8 Å². The van der Waals surface area contributed by atoms with Crippen LogP contribution in [0.1, 0.15) is 40.3 Å². The maximum atomic E-state index is 12.4. The third-order valence-electron chi connectivity index (χ3n) is 4.62. The minimum atomic E-state index is -1.47. The maximum Gasteiger partial charge on any atom is 0.408 e. The molecule has 1 aliphatic heterocycles. The number of amides is 1. The zero-order chi connectivity index (χ0) is 25.6. The summed E-state index contributed by atoms with van der Waals surface area (Å²) in [7, 11) is 3.52. The SMILES string of the molecule is CC[C@H](NC(=O)OC(C)(C)C)C(=O)OC[C@H]1O[C@@H](n2ccc(/N=C/N(C)C)nc2=O)[C@H](O)[C@@H]1O. The molecule has 1 aromatic rings. The Bertz CT molecular complexity index is 942. The Morgan fingerprint density at radius 3 is 2.59 bits per heavy atom. The fraction of sp³-hybridized carbons (Fsp3) is 0.667. The zero-order valence-corrected chi connectivity index (χ0v) is 20.2. The summed E-state index contributed by atoms with van der Waals surface area (Å²) in [6.07, 6.45) is -2.98. The third-order valence-corrected chi connectivity index (χ3v) is 4.62. The van der Waals surface area contributed by atoms with Gasteiger partial charge in [0.05, 0.1) is 6.34 Å². The molecule has 2 rings (SSSR count). The van der Waals surface area contributed by atoms with E-state index in [9.17, 15) is 24.6 Å². The quantitative estimate of drug-likeness (QED) is 0.259. The number of aliphatic imine (C=N–C) groups is 1. The van der Waals surface area contributed by atoms with E-state index in [0.29, 0.717) is 0 Å². The van der Waals surface area contributed by atoms with Crippen LogP contribution >= 0.6 is 0 Å². The second kappa shape index (κ2) is 11.4. The van der Waals surface area contributed by atoms with E-state index >= 15 is 0 Å². The number of ether oxygens (including phenoxy) is 3. The van der Waals surface area contributed by atoms with Crippen LogP contribution in [-0.2, 0) is 19.0 Å². The van der Waals surface area contributed by atoms with Crippen molar-refractivity contribution in [3.63, 3.8) is 0 Å². The number of aliphatic hydroxyl groups excluding tert-OH is 2. The predicted octanol–water partition coefficient (Wildman–Crippen LogP) is -0.0696. The number of aliphatic hydroxyl groups is 2. The van der Waals surface area contributed by atoms with Gasteiger partial charge < -0.3 is 34.6 Å². The molecule has 0 spiro atoms. The van der Waals surface area contributed by atoms with E-state index in [4.69, 9.17) is 14.2 Å². The van der Waals surface area contributed by atoms with Crippen molar-refractivity contribution in [2.45, 2.75) is 70.3 Å². The average Bonchev–Trinajstić information content (AvgIpc) is 3.01.